The van der Waals surface area contributed by atoms with Crippen molar-refractivity contribution in [2.24, 2.45) is 0 Å². The van der Waals surface area contributed by atoms with Gasteiger partial charge in [0.15, 0.2) is 0 Å². The van der Waals surface area contributed by atoms with Crippen molar-refractivity contribution in [1.82, 2.24) is 0 Å². The minimum atomic E-state index is 0.0300. The molecular weight excluding hydrogens is 241 g/mol. The van der Waals surface area contributed by atoms with Crippen molar-refractivity contribution in [2.45, 2.75) is 52.5 Å². The van der Waals surface area contributed by atoms with Gasteiger partial charge in [-0.3, -0.25) is 0 Å². The first-order valence-electron chi connectivity index (χ1n) is 6.39. The van der Waals surface area contributed by atoms with E-state index < -0.39 is 0 Å². The van der Waals surface area contributed by atoms with Crippen LogP contribution in [-0.2, 0) is 5.41 Å². The zero-order valence-corrected chi connectivity index (χ0v) is 13.6. The van der Waals surface area contributed by atoms with Gasteiger partial charge in [0.25, 0.3) is 0 Å². The molecule has 0 fully saturated rings. The van der Waals surface area contributed by atoms with Crippen LogP contribution in [0, 0.1) is 0 Å². The molecule has 2 nitrogen and oxygen atoms in total. The number of ether oxygens (including phenoxy) is 1. The SMILES string of the molecule is CC(C)(C)Nc1ccc(C(C)(C)C)cc1OCP. The van der Waals surface area contributed by atoms with Crippen LogP contribution < -0.4 is 10.1 Å². The quantitative estimate of drug-likeness (QED) is 0.819. The third-order valence-corrected chi connectivity index (χ3v) is 2.76. The molecule has 0 saturated heterocycles. The summed E-state index contributed by atoms with van der Waals surface area (Å²) in [7, 11) is 2.60. The first-order valence-corrected chi connectivity index (χ1v) is 7.21. The lowest BCUT2D eigenvalue weighted by atomic mass is 9.87. The van der Waals surface area contributed by atoms with Crippen LogP contribution in [0.3, 0.4) is 0 Å². The monoisotopic (exact) mass is 267 g/mol. The third kappa shape index (κ3) is 4.49. The molecule has 1 N–H and O–H groups in total. The van der Waals surface area contributed by atoms with Gasteiger partial charge in [0.05, 0.1) is 5.69 Å². The largest absolute Gasteiger partial charge is 0.488 e. The van der Waals surface area contributed by atoms with Crippen LogP contribution in [-0.4, -0.2) is 11.9 Å². The number of hydrogen-bond acceptors (Lipinski definition) is 2. The van der Waals surface area contributed by atoms with E-state index in [1.54, 1.807) is 0 Å². The van der Waals surface area contributed by atoms with Crippen LogP contribution in [0.4, 0.5) is 5.69 Å². The lowest BCUT2D eigenvalue weighted by Gasteiger charge is -2.26. The lowest BCUT2D eigenvalue weighted by molar-refractivity contribution is 0.391. The van der Waals surface area contributed by atoms with Gasteiger partial charge in [0.1, 0.15) is 12.1 Å². The van der Waals surface area contributed by atoms with Gasteiger partial charge in [-0.2, -0.15) is 0 Å². The van der Waals surface area contributed by atoms with Crippen molar-refractivity contribution < 1.29 is 4.74 Å². The fourth-order valence-corrected chi connectivity index (χ4v) is 1.88. The maximum atomic E-state index is 5.72. The predicted molar refractivity (Wildman–Crippen MR) is 83.7 cm³/mol. The first kappa shape index (κ1) is 15.3. The van der Waals surface area contributed by atoms with E-state index in [2.05, 4.69) is 74.3 Å². The molecule has 0 spiro atoms. The van der Waals surface area contributed by atoms with Gasteiger partial charge < -0.3 is 10.1 Å². The Morgan fingerprint density at radius 2 is 1.72 bits per heavy atom. The van der Waals surface area contributed by atoms with Crippen LogP contribution in [0.5, 0.6) is 5.75 Å². The second-order valence-corrected chi connectivity index (χ2v) is 6.98. The average Bonchev–Trinajstić information content (AvgIpc) is 2.17. The number of anilines is 1. The highest BCUT2D eigenvalue weighted by Crippen LogP contribution is 2.33. The van der Waals surface area contributed by atoms with Crippen molar-refractivity contribution >= 4 is 14.9 Å². The van der Waals surface area contributed by atoms with Crippen LogP contribution in [0.15, 0.2) is 18.2 Å². The summed E-state index contributed by atoms with van der Waals surface area (Å²) in [5, 5.41) is 3.48. The Morgan fingerprint density at radius 1 is 1.11 bits per heavy atom. The number of nitrogens with one attached hydrogen (secondary N) is 1. The van der Waals surface area contributed by atoms with Gasteiger partial charge >= 0.3 is 0 Å². The Balaban J connectivity index is 3.12. The molecule has 1 atom stereocenters. The Labute approximate surface area is 114 Å². The zero-order valence-electron chi connectivity index (χ0n) is 12.4. The summed E-state index contributed by atoms with van der Waals surface area (Å²) < 4.78 is 5.72. The van der Waals surface area contributed by atoms with Gasteiger partial charge in [0.2, 0.25) is 0 Å². The normalized spacial score (nSPS) is 12.4. The highest BCUT2D eigenvalue weighted by molar-refractivity contribution is 7.16. The molecule has 0 saturated carbocycles. The van der Waals surface area contributed by atoms with E-state index in [-0.39, 0.29) is 11.0 Å². The van der Waals surface area contributed by atoms with Gasteiger partial charge in [0, 0.05) is 5.54 Å². The van der Waals surface area contributed by atoms with Crippen LogP contribution in [0.25, 0.3) is 0 Å². The van der Waals surface area contributed by atoms with Crippen molar-refractivity contribution in [1.29, 1.82) is 0 Å². The van der Waals surface area contributed by atoms with E-state index in [0.717, 1.165) is 11.4 Å². The van der Waals surface area contributed by atoms with E-state index >= 15 is 0 Å². The molecule has 1 aromatic rings. The summed E-state index contributed by atoms with van der Waals surface area (Å²) >= 11 is 0. The number of hydrogen-bond donors (Lipinski definition) is 1. The molecule has 3 heteroatoms. The Bertz CT molecular complexity index is 402. The summed E-state index contributed by atoms with van der Waals surface area (Å²) in [6.07, 6.45) is 0.604. The highest BCUT2D eigenvalue weighted by atomic mass is 31.0. The Hall–Kier alpha value is -0.750. The minimum absolute atomic E-state index is 0.0300. The molecule has 1 unspecified atom stereocenters. The molecule has 0 aliphatic rings. The van der Waals surface area contributed by atoms with Gasteiger partial charge in [-0.15, -0.1) is 0 Å². The standard InChI is InChI=1S/C15H26NOP/c1-14(2,3)11-7-8-12(16-15(4,5)6)13(9-11)17-10-18/h7-9,16H,10,18H2,1-6H3. The summed E-state index contributed by atoms with van der Waals surface area (Å²) in [4.78, 5) is 0. The molecule has 18 heavy (non-hydrogen) atoms. The Kier molecular flexibility index (Phi) is 4.66. The lowest BCUT2D eigenvalue weighted by Crippen LogP contribution is -2.26. The van der Waals surface area contributed by atoms with Crippen LogP contribution >= 0.6 is 9.24 Å². The molecule has 0 aromatic heterocycles. The van der Waals surface area contributed by atoms with E-state index in [9.17, 15) is 0 Å². The molecular formula is C15H26NOP. The molecule has 1 rings (SSSR count). The van der Waals surface area contributed by atoms with Gasteiger partial charge in [-0.1, -0.05) is 36.1 Å². The van der Waals surface area contributed by atoms with Crippen LogP contribution in [0.1, 0.15) is 47.1 Å². The molecule has 0 heterocycles. The predicted octanol–water partition coefficient (Wildman–Crippen LogP) is 4.41. The van der Waals surface area contributed by atoms with E-state index in [0.29, 0.717) is 6.35 Å². The zero-order chi connectivity index (χ0) is 14.0. The smallest absolute Gasteiger partial charge is 0.143 e. The second-order valence-electron chi connectivity index (χ2n) is 6.65. The van der Waals surface area contributed by atoms with Gasteiger partial charge in [-0.05, 0) is 43.9 Å². The Morgan fingerprint density at radius 3 is 2.17 bits per heavy atom. The maximum Gasteiger partial charge on any atom is 0.143 e. The average molecular weight is 267 g/mol. The van der Waals surface area contributed by atoms with E-state index in [4.69, 9.17) is 4.74 Å². The van der Waals surface area contributed by atoms with Crippen LogP contribution in [0.2, 0.25) is 0 Å². The molecule has 102 valence electrons. The van der Waals surface area contributed by atoms with Crippen molar-refractivity contribution in [3.8, 4) is 5.75 Å². The van der Waals surface area contributed by atoms with Crippen molar-refractivity contribution in [3.05, 3.63) is 23.8 Å². The summed E-state index contributed by atoms with van der Waals surface area (Å²) in [5.41, 5.74) is 2.51. The highest BCUT2D eigenvalue weighted by Gasteiger charge is 2.18. The van der Waals surface area contributed by atoms with Crippen molar-refractivity contribution in [2.75, 3.05) is 11.7 Å². The summed E-state index contributed by atoms with van der Waals surface area (Å²) in [6, 6.07) is 6.42. The minimum Gasteiger partial charge on any atom is -0.488 e. The van der Waals surface area contributed by atoms with E-state index in [1.165, 1.54) is 5.56 Å². The second kappa shape index (κ2) is 5.48. The fourth-order valence-electron chi connectivity index (χ4n) is 1.71. The first-order chi connectivity index (χ1) is 8.13. The fraction of sp³-hybridized carbons (Fsp3) is 0.600. The molecule has 0 aliphatic heterocycles. The molecule has 0 bridgehead atoms. The molecule has 0 aliphatic carbocycles. The van der Waals surface area contributed by atoms with E-state index in [1.807, 2.05) is 0 Å². The molecule has 1 aromatic carbocycles. The molecule has 0 amide bonds. The van der Waals surface area contributed by atoms with Gasteiger partial charge in [-0.25, -0.2) is 0 Å². The number of rotatable bonds is 3. The topological polar surface area (TPSA) is 21.3 Å². The third-order valence-electron chi connectivity index (χ3n) is 2.60. The number of benzene rings is 1. The summed E-state index contributed by atoms with van der Waals surface area (Å²) in [6.45, 7) is 13.1. The summed E-state index contributed by atoms with van der Waals surface area (Å²) in [5.74, 6) is 0.923. The van der Waals surface area contributed by atoms with Crippen molar-refractivity contribution in [3.63, 3.8) is 0 Å². The maximum absolute atomic E-state index is 5.72. The molecule has 0 radical (unpaired) electrons.